The van der Waals surface area contributed by atoms with Gasteiger partial charge in [-0.15, -0.1) is 6.42 Å². The van der Waals surface area contributed by atoms with E-state index in [9.17, 15) is 4.79 Å². The highest BCUT2D eigenvalue weighted by Crippen LogP contribution is 2.06. The predicted octanol–water partition coefficient (Wildman–Crippen LogP) is 1.29. The molecule has 0 aliphatic carbocycles. The molecule has 0 aromatic heterocycles. The lowest BCUT2D eigenvalue weighted by atomic mass is 10.2. The average Bonchev–Trinajstić information content (AvgIpc) is 2.09. The first-order valence-electron chi connectivity index (χ1n) is 4.96. The maximum atomic E-state index is 11.1. The van der Waals surface area contributed by atoms with Crippen LogP contribution in [-0.2, 0) is 4.74 Å². The maximum Gasteiger partial charge on any atom is 0.407 e. The Morgan fingerprint density at radius 2 is 2.20 bits per heavy atom. The molecule has 86 valence electrons. The molecule has 0 fully saturated rings. The zero-order chi connectivity index (χ0) is 11.9. The number of carbonyl (C=O) groups excluding carboxylic acids is 1. The molecule has 0 unspecified atom stereocenters. The Balaban J connectivity index is 3.53. The first-order valence-corrected chi connectivity index (χ1v) is 4.96. The second kappa shape index (κ2) is 6.31. The third kappa shape index (κ3) is 9.10. The average molecular weight is 213 g/mol. The van der Waals surface area contributed by atoms with E-state index >= 15 is 0 Å². The van der Waals surface area contributed by atoms with Crippen LogP contribution in [0.2, 0.25) is 0 Å². The summed E-state index contributed by atoms with van der Waals surface area (Å²) in [6.45, 7) is 5.85. The molecule has 0 saturated heterocycles. The van der Waals surface area contributed by atoms with E-state index in [-0.39, 0.29) is 0 Å². The number of ether oxygens (including phenoxy) is 1. The van der Waals surface area contributed by atoms with E-state index in [0.717, 1.165) is 0 Å². The molecule has 4 nitrogen and oxygen atoms in total. The number of aliphatic hydroxyl groups is 1. The summed E-state index contributed by atoms with van der Waals surface area (Å²) in [5.41, 5.74) is -0.484. The Kier molecular flexibility index (Phi) is 5.80. The number of amides is 1. The quantitative estimate of drug-likeness (QED) is 0.546. The number of nitrogens with one attached hydrogen (secondary N) is 1. The van der Waals surface area contributed by atoms with Crippen molar-refractivity contribution >= 4 is 6.09 Å². The number of aliphatic hydroxyl groups excluding tert-OH is 1. The van der Waals surface area contributed by atoms with Crippen LogP contribution in [0.1, 0.15) is 33.6 Å². The highest BCUT2D eigenvalue weighted by molar-refractivity contribution is 5.67. The van der Waals surface area contributed by atoms with Gasteiger partial charge in [-0.3, -0.25) is 0 Å². The van der Waals surface area contributed by atoms with Crippen molar-refractivity contribution in [1.82, 2.24) is 5.32 Å². The first kappa shape index (κ1) is 13.8. The van der Waals surface area contributed by atoms with E-state index in [2.05, 4.69) is 11.2 Å². The van der Waals surface area contributed by atoms with Gasteiger partial charge in [0.15, 0.2) is 0 Å². The first-order chi connectivity index (χ1) is 6.85. The number of terminal acetylenes is 1. The van der Waals surface area contributed by atoms with E-state index < -0.39 is 17.8 Å². The van der Waals surface area contributed by atoms with E-state index in [0.29, 0.717) is 19.4 Å². The van der Waals surface area contributed by atoms with Gasteiger partial charge in [0.1, 0.15) is 11.7 Å². The topological polar surface area (TPSA) is 58.6 Å². The van der Waals surface area contributed by atoms with Gasteiger partial charge in [-0.05, 0) is 33.6 Å². The van der Waals surface area contributed by atoms with Crippen molar-refractivity contribution in [3.63, 3.8) is 0 Å². The van der Waals surface area contributed by atoms with Gasteiger partial charge in [0.2, 0.25) is 0 Å². The largest absolute Gasteiger partial charge is 0.444 e. The van der Waals surface area contributed by atoms with Crippen LogP contribution in [0.3, 0.4) is 0 Å². The van der Waals surface area contributed by atoms with Crippen molar-refractivity contribution in [1.29, 1.82) is 0 Å². The zero-order valence-electron chi connectivity index (χ0n) is 9.54. The molecule has 0 aliphatic rings. The molecule has 1 amide bonds. The lowest BCUT2D eigenvalue weighted by Crippen LogP contribution is -2.33. The lowest BCUT2D eigenvalue weighted by Gasteiger charge is -2.19. The molecule has 15 heavy (non-hydrogen) atoms. The van der Waals surface area contributed by atoms with Crippen LogP contribution in [0.15, 0.2) is 0 Å². The summed E-state index contributed by atoms with van der Waals surface area (Å²) in [6, 6.07) is 0. The Morgan fingerprint density at radius 1 is 1.60 bits per heavy atom. The smallest absolute Gasteiger partial charge is 0.407 e. The van der Waals surface area contributed by atoms with Crippen molar-refractivity contribution in [2.24, 2.45) is 0 Å². The van der Waals surface area contributed by atoms with E-state index in [4.69, 9.17) is 16.3 Å². The van der Waals surface area contributed by atoms with Crippen LogP contribution in [-0.4, -0.2) is 29.4 Å². The maximum absolute atomic E-state index is 11.1. The Hall–Kier alpha value is -1.21. The molecular weight excluding hydrogens is 194 g/mol. The molecule has 0 radical (unpaired) electrons. The third-order valence-electron chi connectivity index (χ3n) is 1.51. The van der Waals surface area contributed by atoms with Gasteiger partial charge in [0.25, 0.3) is 0 Å². The molecule has 0 spiro atoms. The molecule has 0 rings (SSSR count). The van der Waals surface area contributed by atoms with Crippen LogP contribution in [0.4, 0.5) is 4.79 Å². The SMILES string of the molecule is C#C[C@@H](O)CCCNC(=O)OC(C)(C)C. The minimum atomic E-state index is -0.731. The number of alkyl carbamates (subject to hydrolysis) is 1. The van der Waals surface area contributed by atoms with Crippen molar-refractivity contribution in [2.75, 3.05) is 6.54 Å². The summed E-state index contributed by atoms with van der Waals surface area (Å²) < 4.78 is 5.02. The van der Waals surface area contributed by atoms with Gasteiger partial charge in [0.05, 0.1) is 0 Å². The molecule has 0 heterocycles. The number of hydrogen-bond acceptors (Lipinski definition) is 3. The number of carbonyl (C=O) groups is 1. The summed E-state index contributed by atoms with van der Waals surface area (Å²) in [4.78, 5) is 11.1. The van der Waals surface area contributed by atoms with Crippen LogP contribution < -0.4 is 5.32 Å². The molecule has 0 aromatic carbocycles. The second-order valence-corrected chi connectivity index (χ2v) is 4.25. The van der Waals surface area contributed by atoms with Crippen LogP contribution in [0, 0.1) is 12.3 Å². The molecule has 0 aromatic rings. The fourth-order valence-corrected chi connectivity index (χ4v) is 0.883. The Morgan fingerprint density at radius 3 is 2.67 bits per heavy atom. The van der Waals surface area contributed by atoms with Crippen LogP contribution in [0.5, 0.6) is 0 Å². The Bertz CT molecular complexity index is 237. The number of hydrogen-bond donors (Lipinski definition) is 2. The van der Waals surface area contributed by atoms with Gasteiger partial charge >= 0.3 is 6.09 Å². The van der Waals surface area contributed by atoms with Gasteiger partial charge in [-0.1, -0.05) is 5.92 Å². The second-order valence-electron chi connectivity index (χ2n) is 4.25. The molecular formula is C11H19NO3. The predicted molar refractivity (Wildman–Crippen MR) is 58.3 cm³/mol. The van der Waals surface area contributed by atoms with Crippen molar-refractivity contribution < 1.29 is 14.6 Å². The molecule has 2 N–H and O–H groups in total. The van der Waals surface area contributed by atoms with Crippen molar-refractivity contribution in [3.8, 4) is 12.3 Å². The molecule has 0 saturated carbocycles. The number of rotatable bonds is 4. The molecule has 1 atom stereocenters. The lowest BCUT2D eigenvalue weighted by molar-refractivity contribution is 0.0525. The molecule has 0 aliphatic heterocycles. The fourth-order valence-electron chi connectivity index (χ4n) is 0.883. The summed E-state index contributed by atoms with van der Waals surface area (Å²) in [7, 11) is 0. The third-order valence-corrected chi connectivity index (χ3v) is 1.51. The normalized spacial score (nSPS) is 12.7. The van der Waals surface area contributed by atoms with Crippen LogP contribution >= 0.6 is 0 Å². The van der Waals surface area contributed by atoms with Gasteiger partial charge in [-0.25, -0.2) is 4.79 Å². The van der Waals surface area contributed by atoms with Gasteiger partial charge < -0.3 is 15.2 Å². The zero-order valence-corrected chi connectivity index (χ0v) is 9.54. The van der Waals surface area contributed by atoms with Gasteiger partial charge in [0, 0.05) is 6.54 Å². The molecule has 0 bridgehead atoms. The van der Waals surface area contributed by atoms with E-state index in [1.807, 2.05) is 0 Å². The van der Waals surface area contributed by atoms with Crippen molar-refractivity contribution in [3.05, 3.63) is 0 Å². The van der Waals surface area contributed by atoms with E-state index in [1.54, 1.807) is 20.8 Å². The highest BCUT2D eigenvalue weighted by Gasteiger charge is 2.15. The fraction of sp³-hybridized carbons (Fsp3) is 0.727. The van der Waals surface area contributed by atoms with Crippen molar-refractivity contribution in [2.45, 2.75) is 45.3 Å². The summed E-state index contributed by atoms with van der Waals surface area (Å²) in [6.07, 6.45) is 4.92. The summed E-state index contributed by atoms with van der Waals surface area (Å²) in [5.74, 6) is 2.20. The minimum absolute atomic E-state index is 0.447. The Labute approximate surface area is 91.0 Å². The van der Waals surface area contributed by atoms with E-state index in [1.165, 1.54) is 0 Å². The summed E-state index contributed by atoms with van der Waals surface area (Å²) in [5, 5.41) is 11.6. The standard InChI is InChI=1S/C11H19NO3/c1-5-9(13)7-6-8-12-10(14)15-11(2,3)4/h1,9,13H,6-8H2,2-4H3,(H,12,14)/t9-/m1/s1. The van der Waals surface area contributed by atoms with Crippen LogP contribution in [0.25, 0.3) is 0 Å². The highest BCUT2D eigenvalue weighted by atomic mass is 16.6. The van der Waals surface area contributed by atoms with Gasteiger partial charge in [-0.2, -0.15) is 0 Å². The molecule has 4 heteroatoms. The summed E-state index contributed by atoms with van der Waals surface area (Å²) >= 11 is 0. The minimum Gasteiger partial charge on any atom is -0.444 e. The monoisotopic (exact) mass is 213 g/mol.